The van der Waals surface area contributed by atoms with Crippen LogP contribution in [0.1, 0.15) is 52.0 Å². The summed E-state index contributed by atoms with van der Waals surface area (Å²) in [6, 6.07) is 7.74. The number of nitrogens with zero attached hydrogens (tertiary/aromatic N) is 1. The minimum atomic E-state index is -1.20. The maximum absolute atomic E-state index is 12.5. The largest absolute Gasteiger partial charge is 0.459 e. The number of hydroxylamine groups is 2. The molecule has 0 bridgehead atoms. The van der Waals surface area contributed by atoms with Crippen molar-refractivity contribution in [2.45, 2.75) is 64.7 Å². The molecule has 1 atom stereocenters. The van der Waals surface area contributed by atoms with Gasteiger partial charge < -0.3 is 19.6 Å². The van der Waals surface area contributed by atoms with Crippen molar-refractivity contribution in [2.75, 3.05) is 0 Å². The molecule has 1 saturated heterocycles. The van der Waals surface area contributed by atoms with Crippen LogP contribution in [-0.4, -0.2) is 46.6 Å². The molecule has 0 aromatic heterocycles. The Morgan fingerprint density at radius 1 is 1.06 bits per heavy atom. The Kier molecular flexibility index (Phi) is 8.12. The normalized spacial score (nSPS) is 14.7. The van der Waals surface area contributed by atoms with E-state index in [4.69, 9.17) is 14.3 Å². The number of benzene rings is 1. The lowest BCUT2D eigenvalue weighted by atomic mass is 10.1. The predicted octanol–water partition coefficient (Wildman–Crippen LogP) is 2.01. The highest BCUT2D eigenvalue weighted by atomic mass is 16.7. The first-order valence-electron chi connectivity index (χ1n) is 9.82. The van der Waals surface area contributed by atoms with Gasteiger partial charge in [-0.25, -0.2) is 14.4 Å². The minimum Gasteiger partial charge on any atom is -0.459 e. The number of ether oxygens (including phenoxy) is 2. The van der Waals surface area contributed by atoms with E-state index in [1.54, 1.807) is 45.0 Å². The van der Waals surface area contributed by atoms with Gasteiger partial charge in [-0.2, -0.15) is 0 Å². The number of rotatable bonds is 8. The summed E-state index contributed by atoms with van der Waals surface area (Å²) in [7, 11) is 0. The summed E-state index contributed by atoms with van der Waals surface area (Å²) in [5, 5.41) is 2.81. The SMILES string of the molecule is CC(C)(C)OC(=O)N[C@@H](CCC(=O)ON1C(=O)CCC1=O)C(=O)OCc1ccccc1. The fourth-order valence-electron chi connectivity index (χ4n) is 2.60. The first kappa shape index (κ1) is 23.8. The molecule has 31 heavy (non-hydrogen) atoms. The average Bonchev–Trinajstić information content (AvgIpc) is 3.00. The maximum Gasteiger partial charge on any atom is 0.408 e. The number of esters is 1. The summed E-state index contributed by atoms with van der Waals surface area (Å²) >= 11 is 0. The number of alkyl carbamates (subject to hydrolysis) is 1. The van der Waals surface area contributed by atoms with Crippen molar-refractivity contribution in [3.8, 4) is 0 Å². The third-order valence-electron chi connectivity index (χ3n) is 4.04. The molecular formula is C21H26N2O8. The van der Waals surface area contributed by atoms with Gasteiger partial charge in [0.2, 0.25) is 0 Å². The van der Waals surface area contributed by atoms with Crippen molar-refractivity contribution in [3.05, 3.63) is 35.9 Å². The molecule has 1 fully saturated rings. The number of nitrogens with one attached hydrogen (secondary N) is 1. The van der Waals surface area contributed by atoms with E-state index in [0.717, 1.165) is 5.56 Å². The van der Waals surface area contributed by atoms with Gasteiger partial charge in [0.25, 0.3) is 11.8 Å². The molecule has 1 aliphatic rings. The van der Waals surface area contributed by atoms with E-state index in [9.17, 15) is 24.0 Å². The van der Waals surface area contributed by atoms with Crippen LogP contribution in [0.4, 0.5) is 4.79 Å². The first-order valence-corrected chi connectivity index (χ1v) is 9.82. The molecular weight excluding hydrogens is 408 g/mol. The van der Waals surface area contributed by atoms with Crippen molar-refractivity contribution in [1.82, 2.24) is 10.4 Å². The highest BCUT2D eigenvalue weighted by Gasteiger charge is 2.33. The molecule has 10 nitrogen and oxygen atoms in total. The monoisotopic (exact) mass is 434 g/mol. The van der Waals surface area contributed by atoms with Gasteiger partial charge in [0, 0.05) is 12.8 Å². The van der Waals surface area contributed by atoms with Gasteiger partial charge >= 0.3 is 18.0 Å². The number of carbonyl (C=O) groups is 5. The molecule has 3 amide bonds. The van der Waals surface area contributed by atoms with Crippen LogP contribution in [0.15, 0.2) is 30.3 Å². The Morgan fingerprint density at radius 3 is 2.26 bits per heavy atom. The Labute approximate surface area is 179 Å². The van der Waals surface area contributed by atoms with Crippen molar-refractivity contribution in [1.29, 1.82) is 0 Å². The third-order valence-corrected chi connectivity index (χ3v) is 4.04. The minimum absolute atomic E-state index is 0.0204. The van der Waals surface area contributed by atoms with E-state index >= 15 is 0 Å². The Balaban J connectivity index is 1.96. The van der Waals surface area contributed by atoms with E-state index < -0.39 is 41.5 Å². The summed E-state index contributed by atoms with van der Waals surface area (Å²) < 4.78 is 10.4. The van der Waals surface area contributed by atoms with Gasteiger partial charge in [-0.15, -0.1) is 5.06 Å². The maximum atomic E-state index is 12.5. The lowest BCUT2D eigenvalue weighted by molar-refractivity contribution is -0.197. The summed E-state index contributed by atoms with van der Waals surface area (Å²) in [4.78, 5) is 64.5. The Morgan fingerprint density at radius 2 is 1.68 bits per heavy atom. The highest BCUT2D eigenvalue weighted by molar-refractivity contribution is 6.01. The Hall–Kier alpha value is -3.43. The second-order valence-electron chi connectivity index (χ2n) is 7.88. The van der Waals surface area contributed by atoms with Crippen LogP contribution in [0.5, 0.6) is 0 Å². The summed E-state index contributed by atoms with van der Waals surface area (Å²) in [5.41, 5.74) is -0.0461. The van der Waals surface area contributed by atoms with Crippen molar-refractivity contribution < 1.29 is 38.3 Å². The lowest BCUT2D eigenvalue weighted by Gasteiger charge is -2.23. The lowest BCUT2D eigenvalue weighted by Crippen LogP contribution is -2.44. The van der Waals surface area contributed by atoms with E-state index in [1.165, 1.54) is 0 Å². The third kappa shape index (κ3) is 8.07. The van der Waals surface area contributed by atoms with E-state index in [-0.39, 0.29) is 32.3 Å². The van der Waals surface area contributed by atoms with Gasteiger partial charge in [0.15, 0.2) is 0 Å². The molecule has 168 valence electrons. The van der Waals surface area contributed by atoms with E-state index in [0.29, 0.717) is 5.06 Å². The van der Waals surface area contributed by atoms with E-state index in [2.05, 4.69) is 5.32 Å². The van der Waals surface area contributed by atoms with Crippen LogP contribution in [0.2, 0.25) is 0 Å². The van der Waals surface area contributed by atoms with Gasteiger partial charge in [-0.3, -0.25) is 9.59 Å². The van der Waals surface area contributed by atoms with Crippen LogP contribution in [0.25, 0.3) is 0 Å². The summed E-state index contributed by atoms with van der Waals surface area (Å²) in [6.45, 7) is 4.97. The van der Waals surface area contributed by atoms with Crippen LogP contribution in [0.3, 0.4) is 0 Å². The van der Waals surface area contributed by atoms with Gasteiger partial charge in [0.05, 0.1) is 6.42 Å². The molecule has 2 rings (SSSR count). The fourth-order valence-corrected chi connectivity index (χ4v) is 2.60. The molecule has 0 saturated carbocycles. The number of imide groups is 1. The fraction of sp³-hybridized carbons (Fsp3) is 0.476. The number of hydrogen-bond donors (Lipinski definition) is 1. The van der Waals surface area contributed by atoms with Crippen LogP contribution >= 0.6 is 0 Å². The summed E-state index contributed by atoms with van der Waals surface area (Å²) in [6.07, 6.45) is -1.44. The van der Waals surface area contributed by atoms with Crippen LogP contribution < -0.4 is 5.32 Å². The smallest absolute Gasteiger partial charge is 0.408 e. The molecule has 1 aliphatic heterocycles. The zero-order valence-corrected chi connectivity index (χ0v) is 17.7. The number of carbonyl (C=O) groups excluding carboxylic acids is 5. The predicted molar refractivity (Wildman–Crippen MR) is 106 cm³/mol. The number of hydrogen-bond acceptors (Lipinski definition) is 8. The second-order valence-corrected chi connectivity index (χ2v) is 7.88. The molecule has 0 radical (unpaired) electrons. The molecule has 1 N–H and O–H groups in total. The Bertz CT molecular complexity index is 816. The van der Waals surface area contributed by atoms with E-state index in [1.807, 2.05) is 6.07 Å². The standard InChI is InChI=1S/C21H26N2O8/c1-21(2,3)30-20(28)22-15(19(27)29-13-14-7-5-4-6-8-14)9-12-18(26)31-23-16(24)10-11-17(23)25/h4-8,15H,9-13H2,1-3H3,(H,22,28)/t15-/m0/s1. The van der Waals surface area contributed by atoms with Gasteiger partial charge in [-0.05, 0) is 32.8 Å². The second kappa shape index (κ2) is 10.6. The zero-order valence-electron chi connectivity index (χ0n) is 17.7. The van der Waals surface area contributed by atoms with Crippen LogP contribution in [0, 0.1) is 0 Å². The van der Waals surface area contributed by atoms with Gasteiger partial charge in [-0.1, -0.05) is 30.3 Å². The zero-order chi connectivity index (χ0) is 23.0. The molecule has 0 unspecified atom stereocenters. The molecule has 0 spiro atoms. The topological polar surface area (TPSA) is 128 Å². The molecule has 0 aliphatic carbocycles. The van der Waals surface area contributed by atoms with Crippen molar-refractivity contribution in [2.24, 2.45) is 0 Å². The van der Waals surface area contributed by atoms with Crippen LogP contribution in [-0.2, 0) is 40.1 Å². The average molecular weight is 434 g/mol. The van der Waals surface area contributed by atoms with Crippen molar-refractivity contribution in [3.63, 3.8) is 0 Å². The molecule has 1 heterocycles. The van der Waals surface area contributed by atoms with Gasteiger partial charge in [0.1, 0.15) is 18.2 Å². The summed E-state index contributed by atoms with van der Waals surface area (Å²) in [5.74, 6) is -2.88. The quantitative estimate of drug-likeness (QED) is 0.486. The van der Waals surface area contributed by atoms with Crippen molar-refractivity contribution >= 4 is 29.8 Å². The molecule has 10 heteroatoms. The highest BCUT2D eigenvalue weighted by Crippen LogP contribution is 2.14. The molecule has 1 aromatic rings. The first-order chi connectivity index (χ1) is 14.5. The number of amides is 3. The molecule has 1 aromatic carbocycles.